The van der Waals surface area contributed by atoms with Gasteiger partial charge in [0.15, 0.2) is 5.82 Å². The predicted molar refractivity (Wildman–Crippen MR) is 126 cm³/mol. The molecule has 156 valence electrons. The highest BCUT2D eigenvalue weighted by Gasteiger charge is 2.14. The lowest BCUT2D eigenvalue weighted by molar-refractivity contribution is 0.0773. The second kappa shape index (κ2) is 9.39. The summed E-state index contributed by atoms with van der Waals surface area (Å²) in [5.41, 5.74) is 3.62. The number of carbonyl (C=O) groups excluding carboxylic acids is 1. The highest BCUT2D eigenvalue weighted by Crippen LogP contribution is 2.30. The summed E-state index contributed by atoms with van der Waals surface area (Å²) >= 11 is 0. The second-order valence-electron chi connectivity index (χ2n) is 7.34. The lowest BCUT2D eigenvalue weighted by Crippen LogP contribution is -2.30. The van der Waals surface area contributed by atoms with Gasteiger partial charge < -0.3 is 10.2 Å². The van der Waals surface area contributed by atoms with E-state index in [0.29, 0.717) is 25.2 Å². The summed E-state index contributed by atoms with van der Waals surface area (Å²) in [6, 6.07) is 26.0. The standard InChI is InChI=1S/C26H26N4O/c1-3-30(4-2)26(31)21-16-14-20(15-17-21)24-22-12-8-9-13-23(22)25(29-28-24)27-18-19-10-6-5-7-11-19/h5-17H,3-4,18H2,1-2H3,(H,27,29). The molecular weight excluding hydrogens is 384 g/mol. The Labute approximate surface area is 182 Å². The molecule has 1 N–H and O–H groups in total. The summed E-state index contributed by atoms with van der Waals surface area (Å²) in [4.78, 5) is 14.4. The van der Waals surface area contributed by atoms with Crippen LogP contribution in [0, 0.1) is 0 Å². The van der Waals surface area contributed by atoms with Gasteiger partial charge in [0.25, 0.3) is 5.91 Å². The Morgan fingerprint density at radius 3 is 2.13 bits per heavy atom. The third-order valence-electron chi connectivity index (χ3n) is 5.45. The number of nitrogens with one attached hydrogen (secondary N) is 1. The van der Waals surface area contributed by atoms with Gasteiger partial charge in [-0.2, -0.15) is 0 Å². The van der Waals surface area contributed by atoms with Gasteiger partial charge >= 0.3 is 0 Å². The van der Waals surface area contributed by atoms with Crippen molar-refractivity contribution in [2.24, 2.45) is 0 Å². The zero-order chi connectivity index (χ0) is 21.6. The summed E-state index contributed by atoms with van der Waals surface area (Å²) in [5, 5.41) is 14.5. The van der Waals surface area contributed by atoms with Crippen LogP contribution in [0.5, 0.6) is 0 Å². The van der Waals surface area contributed by atoms with Crippen LogP contribution in [0.3, 0.4) is 0 Å². The molecule has 0 atom stereocenters. The van der Waals surface area contributed by atoms with E-state index in [1.807, 2.05) is 73.3 Å². The maximum atomic E-state index is 12.6. The Hall–Kier alpha value is -3.73. The average molecular weight is 411 g/mol. The number of hydrogen-bond acceptors (Lipinski definition) is 4. The van der Waals surface area contributed by atoms with Crippen LogP contribution in [0.25, 0.3) is 22.0 Å². The number of amides is 1. The van der Waals surface area contributed by atoms with Crippen LogP contribution in [0.15, 0.2) is 78.9 Å². The molecule has 0 radical (unpaired) electrons. The van der Waals surface area contributed by atoms with Crippen LogP contribution in [0.1, 0.15) is 29.8 Å². The van der Waals surface area contributed by atoms with Crippen molar-refractivity contribution in [2.45, 2.75) is 20.4 Å². The van der Waals surface area contributed by atoms with Crippen molar-refractivity contribution in [3.05, 3.63) is 90.0 Å². The Morgan fingerprint density at radius 2 is 1.45 bits per heavy atom. The number of carbonyl (C=O) groups is 1. The first-order chi connectivity index (χ1) is 15.2. The van der Waals surface area contributed by atoms with Crippen LogP contribution < -0.4 is 5.32 Å². The first kappa shape index (κ1) is 20.5. The highest BCUT2D eigenvalue weighted by molar-refractivity contribution is 6.00. The van der Waals surface area contributed by atoms with Crippen molar-refractivity contribution in [1.29, 1.82) is 0 Å². The molecule has 0 aliphatic carbocycles. The number of benzene rings is 3. The maximum Gasteiger partial charge on any atom is 0.253 e. The van der Waals surface area contributed by atoms with Gasteiger partial charge in [-0.15, -0.1) is 10.2 Å². The van der Waals surface area contributed by atoms with Crippen LogP contribution in [-0.4, -0.2) is 34.1 Å². The number of nitrogens with zero attached hydrogens (tertiary/aromatic N) is 3. The third kappa shape index (κ3) is 4.40. The Bertz CT molecular complexity index is 1170. The molecule has 4 aromatic rings. The van der Waals surface area contributed by atoms with Crippen molar-refractivity contribution >= 4 is 22.5 Å². The van der Waals surface area contributed by atoms with E-state index in [2.05, 4.69) is 39.8 Å². The van der Waals surface area contributed by atoms with E-state index >= 15 is 0 Å². The summed E-state index contributed by atoms with van der Waals surface area (Å²) in [6.07, 6.45) is 0. The molecule has 31 heavy (non-hydrogen) atoms. The Kier molecular flexibility index (Phi) is 6.22. The largest absolute Gasteiger partial charge is 0.364 e. The molecule has 0 spiro atoms. The first-order valence-electron chi connectivity index (χ1n) is 10.6. The monoisotopic (exact) mass is 410 g/mol. The highest BCUT2D eigenvalue weighted by atomic mass is 16.2. The topological polar surface area (TPSA) is 58.1 Å². The molecule has 1 aromatic heterocycles. The van der Waals surface area contributed by atoms with Crippen molar-refractivity contribution in [2.75, 3.05) is 18.4 Å². The minimum absolute atomic E-state index is 0.0490. The van der Waals surface area contributed by atoms with Crippen LogP contribution in [0.4, 0.5) is 5.82 Å². The first-order valence-corrected chi connectivity index (χ1v) is 10.6. The van der Waals surface area contributed by atoms with Crippen LogP contribution >= 0.6 is 0 Å². The molecule has 0 aliphatic rings. The molecule has 1 heterocycles. The van der Waals surface area contributed by atoms with Gasteiger partial charge in [0.2, 0.25) is 0 Å². The van der Waals surface area contributed by atoms with Gasteiger partial charge in [-0.1, -0.05) is 66.7 Å². The molecule has 5 nitrogen and oxygen atoms in total. The third-order valence-corrected chi connectivity index (χ3v) is 5.45. The van der Waals surface area contributed by atoms with E-state index in [9.17, 15) is 4.79 Å². The summed E-state index contributed by atoms with van der Waals surface area (Å²) in [6.45, 7) is 6.06. The van der Waals surface area contributed by atoms with E-state index in [1.54, 1.807) is 0 Å². The number of anilines is 1. The molecule has 0 aliphatic heterocycles. The number of hydrogen-bond donors (Lipinski definition) is 1. The zero-order valence-corrected chi connectivity index (χ0v) is 17.9. The van der Waals surface area contributed by atoms with E-state index in [4.69, 9.17) is 0 Å². The van der Waals surface area contributed by atoms with Crippen LogP contribution in [0.2, 0.25) is 0 Å². The van der Waals surface area contributed by atoms with Gasteiger partial charge in [-0.05, 0) is 31.5 Å². The number of fused-ring (bicyclic) bond motifs is 1. The normalized spacial score (nSPS) is 10.8. The van der Waals surface area contributed by atoms with Crippen molar-refractivity contribution in [1.82, 2.24) is 15.1 Å². The van der Waals surface area contributed by atoms with Crippen molar-refractivity contribution in [3.63, 3.8) is 0 Å². The molecule has 0 unspecified atom stereocenters. The number of aromatic nitrogens is 2. The van der Waals surface area contributed by atoms with E-state index in [-0.39, 0.29) is 5.91 Å². The summed E-state index contributed by atoms with van der Waals surface area (Å²) in [7, 11) is 0. The van der Waals surface area contributed by atoms with E-state index in [1.165, 1.54) is 5.56 Å². The minimum Gasteiger partial charge on any atom is -0.364 e. The fraction of sp³-hybridized carbons (Fsp3) is 0.192. The van der Waals surface area contributed by atoms with Gasteiger partial charge in [0, 0.05) is 41.5 Å². The van der Waals surface area contributed by atoms with Crippen molar-refractivity contribution < 1.29 is 4.79 Å². The minimum atomic E-state index is 0.0490. The fourth-order valence-corrected chi connectivity index (χ4v) is 3.69. The SMILES string of the molecule is CCN(CC)C(=O)c1ccc(-c2nnc(NCc3ccccc3)c3ccccc23)cc1. The van der Waals surface area contributed by atoms with Gasteiger partial charge in [0.05, 0.1) is 0 Å². The molecular formula is C26H26N4O. The second-order valence-corrected chi connectivity index (χ2v) is 7.34. The van der Waals surface area contributed by atoms with Crippen LogP contribution in [-0.2, 0) is 6.54 Å². The number of rotatable bonds is 7. The summed E-state index contributed by atoms with van der Waals surface area (Å²) < 4.78 is 0. The van der Waals surface area contributed by atoms with E-state index in [0.717, 1.165) is 27.8 Å². The maximum absolute atomic E-state index is 12.6. The van der Waals surface area contributed by atoms with Gasteiger partial charge in [0.1, 0.15) is 5.69 Å². The summed E-state index contributed by atoms with van der Waals surface area (Å²) in [5.74, 6) is 0.810. The molecule has 1 amide bonds. The Morgan fingerprint density at radius 1 is 0.806 bits per heavy atom. The smallest absolute Gasteiger partial charge is 0.253 e. The molecule has 0 fully saturated rings. The fourth-order valence-electron chi connectivity index (χ4n) is 3.69. The van der Waals surface area contributed by atoms with Gasteiger partial charge in [-0.25, -0.2) is 0 Å². The quantitative estimate of drug-likeness (QED) is 0.444. The molecule has 3 aromatic carbocycles. The molecule has 5 heteroatoms. The zero-order valence-electron chi connectivity index (χ0n) is 17.9. The molecule has 0 saturated carbocycles. The average Bonchev–Trinajstić information content (AvgIpc) is 2.84. The van der Waals surface area contributed by atoms with E-state index < -0.39 is 0 Å². The molecule has 0 saturated heterocycles. The lowest BCUT2D eigenvalue weighted by atomic mass is 10.0. The van der Waals surface area contributed by atoms with Gasteiger partial charge in [-0.3, -0.25) is 4.79 Å². The lowest BCUT2D eigenvalue weighted by Gasteiger charge is -2.18. The predicted octanol–water partition coefficient (Wildman–Crippen LogP) is 5.39. The molecule has 0 bridgehead atoms. The van der Waals surface area contributed by atoms with Crippen molar-refractivity contribution in [3.8, 4) is 11.3 Å². The molecule has 4 rings (SSSR count). The Balaban J connectivity index is 1.64.